The van der Waals surface area contributed by atoms with Crippen LogP contribution in [0.15, 0.2) is 70.0 Å². The van der Waals surface area contributed by atoms with Crippen LogP contribution >= 0.6 is 11.3 Å². The van der Waals surface area contributed by atoms with Crippen molar-refractivity contribution in [3.05, 3.63) is 72.4 Å². The number of rotatable bonds is 7. The summed E-state index contributed by atoms with van der Waals surface area (Å²) in [6.45, 7) is 3.94. The summed E-state index contributed by atoms with van der Waals surface area (Å²) in [4.78, 5) is 22.4. The third kappa shape index (κ3) is 4.17. The molecule has 3 N–H and O–H groups in total. The van der Waals surface area contributed by atoms with E-state index in [0.29, 0.717) is 32.7 Å². The van der Waals surface area contributed by atoms with Crippen molar-refractivity contribution >= 4 is 49.7 Å². The van der Waals surface area contributed by atoms with E-state index in [9.17, 15) is 13.2 Å². The highest BCUT2D eigenvalue weighted by molar-refractivity contribution is 7.94. The molecular formula is C23H20N6O4S2. The van der Waals surface area contributed by atoms with Gasteiger partial charge >= 0.3 is 0 Å². The molecule has 0 spiro atoms. The first-order valence-electron chi connectivity index (χ1n) is 10.5. The Bertz CT molecular complexity index is 1650. The maximum absolute atomic E-state index is 13.5. The summed E-state index contributed by atoms with van der Waals surface area (Å²) < 4.78 is 35.3. The van der Waals surface area contributed by atoms with Crippen LogP contribution in [0, 0.1) is 0 Å². The number of nitrogens with two attached hydrogens (primary N) is 1. The van der Waals surface area contributed by atoms with Gasteiger partial charge in [0.15, 0.2) is 5.78 Å². The molecule has 0 amide bonds. The van der Waals surface area contributed by atoms with Crippen LogP contribution < -0.4 is 10.5 Å². The molecule has 0 fully saturated rings. The molecule has 5 aromatic rings. The highest BCUT2D eigenvalue weighted by Gasteiger charge is 2.23. The van der Waals surface area contributed by atoms with Gasteiger partial charge in [-0.05, 0) is 38.1 Å². The first-order chi connectivity index (χ1) is 16.7. The van der Waals surface area contributed by atoms with E-state index in [1.54, 1.807) is 36.5 Å². The van der Waals surface area contributed by atoms with Crippen molar-refractivity contribution in [3.8, 4) is 10.6 Å². The highest BCUT2D eigenvalue weighted by Crippen LogP contribution is 2.32. The number of nitrogens with one attached hydrogen (secondary N) is 1. The number of anilines is 2. The Morgan fingerprint density at radius 1 is 1.17 bits per heavy atom. The van der Waals surface area contributed by atoms with Crippen molar-refractivity contribution in [2.24, 2.45) is 0 Å². The SMILES string of the molecule is CC(C)n1cc(C(=O)c2cccc(NS(=O)(=O)c3ccc(-c4ccon4)s3)c2)c2c(N)ncnc21. The number of benzene rings is 1. The van der Waals surface area contributed by atoms with Gasteiger partial charge in [0.25, 0.3) is 10.0 Å². The molecule has 0 saturated carbocycles. The van der Waals surface area contributed by atoms with Crippen LogP contribution in [0.25, 0.3) is 21.6 Å². The van der Waals surface area contributed by atoms with E-state index in [4.69, 9.17) is 10.3 Å². The van der Waals surface area contributed by atoms with Crippen molar-refractivity contribution in [1.82, 2.24) is 19.7 Å². The van der Waals surface area contributed by atoms with Gasteiger partial charge in [-0.15, -0.1) is 11.3 Å². The van der Waals surface area contributed by atoms with Crippen LogP contribution in [0.2, 0.25) is 0 Å². The summed E-state index contributed by atoms with van der Waals surface area (Å²) in [5, 5.41) is 4.30. The van der Waals surface area contributed by atoms with Crippen molar-refractivity contribution in [2.75, 3.05) is 10.5 Å². The first-order valence-corrected chi connectivity index (χ1v) is 12.8. The molecule has 0 aliphatic carbocycles. The number of carbonyl (C=O) groups excluding carboxylic acids is 1. The standard InChI is InChI=1S/C23H20N6O4S2/c1-13(2)29-11-16(20-22(24)25-12-26-23(20)29)21(30)14-4-3-5-15(10-14)28-35(31,32)19-7-6-18(34-19)17-8-9-33-27-17/h3-13,28H,1-2H3,(H2,24,25,26). The van der Waals surface area contributed by atoms with E-state index in [-0.39, 0.29) is 27.5 Å². The second-order valence-corrected chi connectivity index (χ2v) is 11.0. The molecule has 0 saturated heterocycles. The van der Waals surface area contributed by atoms with E-state index >= 15 is 0 Å². The number of fused-ring (bicyclic) bond motifs is 1. The maximum atomic E-state index is 13.5. The number of aromatic nitrogens is 4. The Hall–Kier alpha value is -4.03. The van der Waals surface area contributed by atoms with Gasteiger partial charge in [0.1, 0.15) is 34.0 Å². The molecule has 4 aromatic heterocycles. The summed E-state index contributed by atoms with van der Waals surface area (Å²) in [6.07, 6.45) is 4.48. The van der Waals surface area contributed by atoms with Crippen LogP contribution in [0.1, 0.15) is 35.8 Å². The minimum absolute atomic E-state index is 0.0411. The van der Waals surface area contributed by atoms with E-state index in [0.717, 1.165) is 11.3 Å². The third-order valence-corrected chi connectivity index (χ3v) is 8.33. The van der Waals surface area contributed by atoms with Crippen molar-refractivity contribution in [2.45, 2.75) is 24.1 Å². The zero-order valence-electron chi connectivity index (χ0n) is 18.7. The number of nitrogens with zero attached hydrogens (tertiary/aromatic N) is 4. The summed E-state index contributed by atoms with van der Waals surface area (Å²) in [5.74, 6) is -0.114. The summed E-state index contributed by atoms with van der Waals surface area (Å²) in [7, 11) is -3.88. The maximum Gasteiger partial charge on any atom is 0.271 e. The molecule has 10 nitrogen and oxygen atoms in total. The Labute approximate surface area is 204 Å². The minimum Gasteiger partial charge on any atom is -0.383 e. The number of carbonyl (C=O) groups is 1. The van der Waals surface area contributed by atoms with Crippen LogP contribution in [0.4, 0.5) is 11.5 Å². The summed E-state index contributed by atoms with van der Waals surface area (Å²) >= 11 is 1.06. The molecule has 0 aliphatic heterocycles. The second kappa shape index (κ2) is 8.64. The van der Waals surface area contributed by atoms with E-state index < -0.39 is 10.0 Å². The Balaban J connectivity index is 1.47. The first kappa shape index (κ1) is 22.7. The van der Waals surface area contributed by atoms with Gasteiger partial charge in [0, 0.05) is 29.6 Å². The molecule has 35 heavy (non-hydrogen) atoms. The van der Waals surface area contributed by atoms with Crippen molar-refractivity contribution < 1.29 is 17.7 Å². The fraction of sp³-hybridized carbons (Fsp3) is 0.130. The number of ketones is 1. The lowest BCUT2D eigenvalue weighted by Crippen LogP contribution is -2.12. The van der Waals surface area contributed by atoms with Crippen LogP contribution in [-0.4, -0.2) is 33.9 Å². The lowest BCUT2D eigenvalue weighted by molar-refractivity contribution is 0.104. The zero-order valence-corrected chi connectivity index (χ0v) is 20.3. The molecule has 178 valence electrons. The van der Waals surface area contributed by atoms with Gasteiger partial charge < -0.3 is 14.8 Å². The predicted molar refractivity (Wildman–Crippen MR) is 133 cm³/mol. The largest absolute Gasteiger partial charge is 0.383 e. The Morgan fingerprint density at radius 3 is 2.74 bits per heavy atom. The molecule has 4 heterocycles. The number of thiophene rings is 1. The Morgan fingerprint density at radius 2 is 2.00 bits per heavy atom. The van der Waals surface area contributed by atoms with Gasteiger partial charge in [0.2, 0.25) is 0 Å². The summed E-state index contributed by atoms with van der Waals surface area (Å²) in [5.41, 5.74) is 8.10. The van der Waals surface area contributed by atoms with Gasteiger partial charge in [-0.3, -0.25) is 9.52 Å². The van der Waals surface area contributed by atoms with Crippen LogP contribution in [-0.2, 0) is 10.0 Å². The molecular weight excluding hydrogens is 488 g/mol. The normalized spacial score (nSPS) is 11.9. The van der Waals surface area contributed by atoms with Gasteiger partial charge in [-0.2, -0.15) is 0 Å². The van der Waals surface area contributed by atoms with E-state index in [1.165, 1.54) is 24.7 Å². The molecule has 0 radical (unpaired) electrons. The number of hydrogen-bond donors (Lipinski definition) is 2. The average molecular weight is 509 g/mol. The van der Waals surface area contributed by atoms with E-state index in [1.807, 2.05) is 18.4 Å². The van der Waals surface area contributed by atoms with Crippen molar-refractivity contribution in [1.29, 1.82) is 0 Å². The smallest absolute Gasteiger partial charge is 0.271 e. The third-order valence-electron chi connectivity index (χ3n) is 5.35. The fourth-order valence-corrected chi connectivity index (χ4v) is 6.02. The fourth-order valence-electron chi connectivity index (χ4n) is 3.70. The molecule has 0 unspecified atom stereocenters. The highest BCUT2D eigenvalue weighted by atomic mass is 32.2. The summed E-state index contributed by atoms with van der Waals surface area (Å²) in [6, 6.07) is 11.1. The number of hydrogen-bond acceptors (Lipinski definition) is 9. The van der Waals surface area contributed by atoms with Crippen LogP contribution in [0.5, 0.6) is 0 Å². The molecule has 0 aliphatic rings. The predicted octanol–water partition coefficient (Wildman–Crippen LogP) is 4.34. The van der Waals surface area contributed by atoms with Crippen LogP contribution in [0.3, 0.4) is 0 Å². The molecule has 0 atom stereocenters. The molecule has 5 rings (SSSR count). The van der Waals surface area contributed by atoms with Gasteiger partial charge in [-0.1, -0.05) is 17.3 Å². The molecule has 1 aromatic carbocycles. The molecule has 0 bridgehead atoms. The van der Waals surface area contributed by atoms with Gasteiger partial charge in [-0.25, -0.2) is 18.4 Å². The van der Waals surface area contributed by atoms with E-state index in [2.05, 4.69) is 19.8 Å². The monoisotopic (exact) mass is 508 g/mol. The second-order valence-electron chi connectivity index (χ2n) is 8.02. The number of sulfonamides is 1. The number of nitrogen functional groups attached to an aromatic ring is 1. The molecule has 12 heteroatoms. The quantitative estimate of drug-likeness (QED) is 0.309. The van der Waals surface area contributed by atoms with Gasteiger partial charge in [0.05, 0.1) is 15.8 Å². The lowest BCUT2D eigenvalue weighted by Gasteiger charge is -2.08. The average Bonchev–Trinajstić information content (AvgIpc) is 3.58. The lowest BCUT2D eigenvalue weighted by atomic mass is 10.0. The minimum atomic E-state index is -3.88. The Kier molecular flexibility index (Phi) is 5.61. The topological polar surface area (TPSA) is 146 Å². The zero-order chi connectivity index (χ0) is 24.7. The van der Waals surface area contributed by atoms with Crippen molar-refractivity contribution in [3.63, 3.8) is 0 Å².